The van der Waals surface area contributed by atoms with Crippen LogP contribution in [0, 0.1) is 13.8 Å². The summed E-state index contributed by atoms with van der Waals surface area (Å²) in [6, 6.07) is 12.1. The minimum absolute atomic E-state index is 0.147. The van der Waals surface area contributed by atoms with Crippen LogP contribution >= 0.6 is 11.6 Å². The second kappa shape index (κ2) is 6.05. The van der Waals surface area contributed by atoms with E-state index < -0.39 is 6.04 Å². The molecule has 0 bridgehead atoms. The van der Waals surface area contributed by atoms with Crippen molar-refractivity contribution in [3.63, 3.8) is 0 Å². The van der Waals surface area contributed by atoms with E-state index in [1.807, 2.05) is 32.0 Å². The summed E-state index contributed by atoms with van der Waals surface area (Å²) < 4.78 is 0. The summed E-state index contributed by atoms with van der Waals surface area (Å²) in [4.78, 5) is 26.0. The number of anilines is 2. The molecule has 2 aromatic rings. The summed E-state index contributed by atoms with van der Waals surface area (Å²) in [6.07, 6.45) is 0.147. The van der Waals surface area contributed by atoms with Gasteiger partial charge in [-0.25, -0.2) is 4.90 Å². The molecule has 1 aliphatic rings. The van der Waals surface area contributed by atoms with E-state index >= 15 is 0 Å². The Bertz CT molecular complexity index is 771. The van der Waals surface area contributed by atoms with Crippen LogP contribution in [0.5, 0.6) is 0 Å². The van der Waals surface area contributed by atoms with Crippen molar-refractivity contribution < 1.29 is 9.59 Å². The highest BCUT2D eigenvalue weighted by Gasteiger charge is 2.39. The Labute approximate surface area is 140 Å². The van der Waals surface area contributed by atoms with E-state index in [1.165, 1.54) is 10.5 Å². The van der Waals surface area contributed by atoms with Crippen molar-refractivity contribution in [2.45, 2.75) is 26.3 Å². The lowest BCUT2D eigenvalue weighted by Gasteiger charge is -2.16. The predicted molar refractivity (Wildman–Crippen MR) is 91.9 cm³/mol. The number of nitrogens with one attached hydrogen (secondary N) is 1. The van der Waals surface area contributed by atoms with Gasteiger partial charge in [-0.3, -0.25) is 9.59 Å². The summed E-state index contributed by atoms with van der Waals surface area (Å²) in [6.45, 7) is 4.05. The number of carbonyl (C=O) groups is 2. The average molecular weight is 329 g/mol. The fourth-order valence-electron chi connectivity index (χ4n) is 2.64. The summed E-state index contributed by atoms with van der Waals surface area (Å²) in [5.41, 5.74) is 3.72. The first kappa shape index (κ1) is 15.6. The third kappa shape index (κ3) is 3.08. The van der Waals surface area contributed by atoms with Gasteiger partial charge in [0.25, 0.3) is 5.91 Å². The van der Waals surface area contributed by atoms with E-state index in [0.29, 0.717) is 10.7 Å². The highest BCUT2D eigenvalue weighted by molar-refractivity contribution is 6.30. The van der Waals surface area contributed by atoms with Gasteiger partial charge in [0.1, 0.15) is 6.04 Å². The molecule has 1 fully saturated rings. The van der Waals surface area contributed by atoms with E-state index in [-0.39, 0.29) is 18.2 Å². The van der Waals surface area contributed by atoms with Crippen molar-refractivity contribution in [2.24, 2.45) is 0 Å². The molecule has 23 heavy (non-hydrogen) atoms. The van der Waals surface area contributed by atoms with E-state index in [2.05, 4.69) is 5.32 Å². The van der Waals surface area contributed by atoms with Crippen molar-refractivity contribution in [3.05, 3.63) is 58.6 Å². The van der Waals surface area contributed by atoms with Gasteiger partial charge in [0, 0.05) is 10.7 Å². The lowest BCUT2D eigenvalue weighted by molar-refractivity contribution is -0.121. The van der Waals surface area contributed by atoms with Gasteiger partial charge < -0.3 is 5.32 Å². The molecule has 2 amide bonds. The van der Waals surface area contributed by atoms with Crippen molar-refractivity contribution in [1.29, 1.82) is 0 Å². The molecule has 1 N–H and O–H groups in total. The molecule has 1 aliphatic heterocycles. The van der Waals surface area contributed by atoms with Crippen molar-refractivity contribution in [2.75, 3.05) is 10.2 Å². The normalized spacial score (nSPS) is 17.7. The molecule has 4 nitrogen and oxygen atoms in total. The molecule has 118 valence electrons. The first-order valence-electron chi connectivity index (χ1n) is 7.42. The molecule has 1 saturated heterocycles. The molecular formula is C18H17ClN2O2. The molecule has 0 spiro atoms. The van der Waals surface area contributed by atoms with Crippen LogP contribution in [0.3, 0.4) is 0 Å². The van der Waals surface area contributed by atoms with Crippen molar-refractivity contribution in [1.82, 2.24) is 0 Å². The number of imide groups is 1. The van der Waals surface area contributed by atoms with E-state index in [1.54, 1.807) is 24.3 Å². The lowest BCUT2D eigenvalue weighted by Crippen LogP contribution is -2.34. The highest BCUT2D eigenvalue weighted by atomic mass is 35.5. The summed E-state index contributed by atoms with van der Waals surface area (Å²) >= 11 is 5.85. The topological polar surface area (TPSA) is 49.4 Å². The number of carbonyl (C=O) groups excluding carboxylic acids is 2. The number of benzene rings is 2. The number of amides is 2. The molecular weight excluding hydrogens is 312 g/mol. The fraction of sp³-hybridized carbons (Fsp3) is 0.222. The number of rotatable bonds is 3. The molecule has 0 aromatic heterocycles. The van der Waals surface area contributed by atoms with Crippen molar-refractivity contribution >= 4 is 34.8 Å². The smallest absolute Gasteiger partial charge is 0.256 e. The van der Waals surface area contributed by atoms with E-state index in [4.69, 9.17) is 11.6 Å². The zero-order valence-corrected chi connectivity index (χ0v) is 13.7. The third-order valence-corrected chi connectivity index (χ3v) is 4.33. The second-order valence-electron chi connectivity index (χ2n) is 5.74. The molecule has 1 heterocycles. The third-order valence-electron chi connectivity index (χ3n) is 4.08. The number of hydrogen-bond acceptors (Lipinski definition) is 3. The lowest BCUT2D eigenvalue weighted by atomic mass is 10.1. The Morgan fingerprint density at radius 1 is 1.04 bits per heavy atom. The quantitative estimate of drug-likeness (QED) is 0.874. The van der Waals surface area contributed by atoms with Crippen LogP contribution in [-0.4, -0.2) is 17.9 Å². The monoisotopic (exact) mass is 328 g/mol. The van der Waals surface area contributed by atoms with Gasteiger partial charge in [-0.15, -0.1) is 0 Å². The molecule has 0 saturated carbocycles. The number of aryl methyl sites for hydroxylation is 2. The number of hydrogen-bond donors (Lipinski definition) is 1. The van der Waals surface area contributed by atoms with Crippen LogP contribution < -0.4 is 10.2 Å². The zero-order chi connectivity index (χ0) is 16.6. The SMILES string of the molecule is Cc1ccc(N[C@@H]2CC(=O)N(c3ccc(Cl)cc3)C2=O)cc1C. The van der Waals surface area contributed by atoms with Crippen LogP contribution in [0.2, 0.25) is 5.02 Å². The fourth-order valence-corrected chi connectivity index (χ4v) is 2.76. The molecule has 0 radical (unpaired) electrons. The summed E-state index contributed by atoms with van der Waals surface area (Å²) in [7, 11) is 0. The van der Waals surface area contributed by atoms with E-state index in [9.17, 15) is 9.59 Å². The van der Waals surface area contributed by atoms with E-state index in [0.717, 1.165) is 11.3 Å². The summed E-state index contributed by atoms with van der Waals surface area (Å²) in [5.74, 6) is -0.450. The van der Waals surface area contributed by atoms with Gasteiger partial charge in [-0.2, -0.15) is 0 Å². The molecule has 0 aliphatic carbocycles. The number of halogens is 1. The first-order valence-corrected chi connectivity index (χ1v) is 7.79. The van der Waals surface area contributed by atoms with Gasteiger partial charge in [-0.05, 0) is 61.4 Å². The van der Waals surface area contributed by atoms with Gasteiger partial charge in [0.05, 0.1) is 12.1 Å². The minimum Gasteiger partial charge on any atom is -0.373 e. The molecule has 0 unspecified atom stereocenters. The van der Waals surface area contributed by atoms with Gasteiger partial charge >= 0.3 is 0 Å². The maximum Gasteiger partial charge on any atom is 0.256 e. The highest BCUT2D eigenvalue weighted by Crippen LogP contribution is 2.26. The largest absolute Gasteiger partial charge is 0.373 e. The van der Waals surface area contributed by atoms with Crippen LogP contribution in [0.25, 0.3) is 0 Å². The van der Waals surface area contributed by atoms with Crippen LogP contribution in [0.4, 0.5) is 11.4 Å². The Hall–Kier alpha value is -2.33. The molecule has 2 aromatic carbocycles. The predicted octanol–water partition coefficient (Wildman–Crippen LogP) is 3.70. The van der Waals surface area contributed by atoms with Gasteiger partial charge in [0.2, 0.25) is 5.91 Å². The maximum absolute atomic E-state index is 12.6. The van der Waals surface area contributed by atoms with Gasteiger partial charge in [0.15, 0.2) is 0 Å². The standard InChI is InChI=1S/C18H17ClN2O2/c1-11-3-6-14(9-12(11)2)20-16-10-17(22)21(18(16)23)15-7-4-13(19)5-8-15/h3-9,16,20H,10H2,1-2H3/t16-/m1/s1. The Morgan fingerprint density at radius 2 is 1.74 bits per heavy atom. The second-order valence-corrected chi connectivity index (χ2v) is 6.18. The summed E-state index contributed by atoms with van der Waals surface area (Å²) in [5, 5.41) is 3.73. The Kier molecular flexibility index (Phi) is 4.09. The number of nitrogens with zero attached hydrogens (tertiary/aromatic N) is 1. The van der Waals surface area contributed by atoms with Crippen LogP contribution in [-0.2, 0) is 9.59 Å². The molecule has 5 heteroatoms. The maximum atomic E-state index is 12.6. The Balaban J connectivity index is 1.80. The minimum atomic E-state index is -0.541. The van der Waals surface area contributed by atoms with Crippen LogP contribution in [0.15, 0.2) is 42.5 Å². The van der Waals surface area contributed by atoms with Crippen molar-refractivity contribution in [3.8, 4) is 0 Å². The molecule has 3 rings (SSSR count). The van der Waals surface area contributed by atoms with Crippen LogP contribution in [0.1, 0.15) is 17.5 Å². The zero-order valence-electron chi connectivity index (χ0n) is 13.0. The first-order chi connectivity index (χ1) is 11.0. The molecule has 1 atom stereocenters. The van der Waals surface area contributed by atoms with Gasteiger partial charge in [-0.1, -0.05) is 17.7 Å². The average Bonchev–Trinajstić information content (AvgIpc) is 2.79. The Morgan fingerprint density at radius 3 is 2.39 bits per heavy atom.